The van der Waals surface area contributed by atoms with Crippen LogP contribution < -0.4 is 20.3 Å². The number of benzene rings is 2. The van der Waals surface area contributed by atoms with Crippen LogP contribution in [0.3, 0.4) is 0 Å². The Bertz CT molecular complexity index is 874. The topological polar surface area (TPSA) is 69.2 Å². The number of methoxy groups -OCH3 is 1. The Kier molecular flexibility index (Phi) is 11.3. The van der Waals surface area contributed by atoms with Crippen LogP contribution in [0.25, 0.3) is 0 Å². The van der Waals surface area contributed by atoms with Crippen LogP contribution in [0.1, 0.15) is 18.4 Å². The molecule has 1 saturated heterocycles. The Hall–Kier alpha value is -2.49. The van der Waals surface area contributed by atoms with Crippen molar-refractivity contribution in [3.8, 4) is 5.75 Å². The number of carbonyl (C=O) groups is 1. The van der Waals surface area contributed by atoms with Gasteiger partial charge in [0.1, 0.15) is 12.3 Å². The summed E-state index contributed by atoms with van der Waals surface area (Å²) >= 11 is 0. The number of ether oxygens (including phenoxy) is 1. The normalized spacial score (nSPS) is 15.9. The molecule has 1 heterocycles. The summed E-state index contributed by atoms with van der Waals surface area (Å²) in [5.74, 6) is 1.53. The molecule has 3 rings (SSSR count). The van der Waals surface area contributed by atoms with E-state index in [9.17, 15) is 4.79 Å². The predicted octanol–water partition coefficient (Wildman–Crippen LogP) is 3.15. The number of amides is 1. The fourth-order valence-corrected chi connectivity index (χ4v) is 3.72. The number of rotatable bonds is 8. The Morgan fingerprint density at radius 1 is 1.15 bits per heavy atom. The largest absolute Gasteiger partial charge is 0.497 e. The van der Waals surface area contributed by atoms with Gasteiger partial charge in [-0.25, -0.2) is 4.99 Å². The number of nitrogens with zero attached hydrogens (tertiary/aromatic N) is 3. The van der Waals surface area contributed by atoms with E-state index >= 15 is 0 Å². The molecule has 0 spiro atoms. The van der Waals surface area contributed by atoms with Gasteiger partial charge in [0.05, 0.1) is 7.11 Å². The van der Waals surface area contributed by atoms with Crippen LogP contribution >= 0.6 is 24.0 Å². The lowest BCUT2D eigenvalue weighted by Crippen LogP contribution is -2.51. The van der Waals surface area contributed by atoms with Crippen molar-refractivity contribution in [2.75, 3.05) is 52.3 Å². The summed E-state index contributed by atoms with van der Waals surface area (Å²) in [5.41, 5.74) is 2.46. The first-order valence-electron chi connectivity index (χ1n) is 11.2. The zero-order valence-corrected chi connectivity index (χ0v) is 22.1. The molecule has 7 nitrogen and oxygen atoms in total. The van der Waals surface area contributed by atoms with Crippen LogP contribution in [0.4, 0.5) is 5.69 Å². The highest BCUT2D eigenvalue weighted by molar-refractivity contribution is 14.0. The number of hydrogen-bond acceptors (Lipinski definition) is 4. The SMILES string of the molecule is COc1ccc(CCNC(=NCC(=O)N(C)C)NC2CCCN(c3ccccc3)C2)cc1.I. The summed E-state index contributed by atoms with van der Waals surface area (Å²) in [7, 11) is 5.17. The molecular weight excluding hydrogens is 529 g/mol. The van der Waals surface area contributed by atoms with Crippen LogP contribution in [0.5, 0.6) is 5.75 Å². The molecule has 180 valence electrons. The lowest BCUT2D eigenvalue weighted by Gasteiger charge is -2.35. The molecule has 1 fully saturated rings. The number of para-hydroxylation sites is 1. The van der Waals surface area contributed by atoms with E-state index in [1.54, 1.807) is 26.1 Å². The van der Waals surface area contributed by atoms with E-state index in [-0.39, 0.29) is 42.5 Å². The Morgan fingerprint density at radius 2 is 1.88 bits per heavy atom. The van der Waals surface area contributed by atoms with Crippen molar-refractivity contribution in [3.63, 3.8) is 0 Å². The van der Waals surface area contributed by atoms with Gasteiger partial charge in [0.15, 0.2) is 5.96 Å². The Labute approximate surface area is 214 Å². The van der Waals surface area contributed by atoms with Crippen LogP contribution in [-0.4, -0.2) is 70.2 Å². The van der Waals surface area contributed by atoms with Crippen LogP contribution in [-0.2, 0) is 11.2 Å². The van der Waals surface area contributed by atoms with Gasteiger partial charge in [-0.05, 0) is 49.1 Å². The summed E-state index contributed by atoms with van der Waals surface area (Å²) in [6.45, 7) is 2.81. The van der Waals surface area contributed by atoms with E-state index in [4.69, 9.17) is 4.74 Å². The molecule has 1 unspecified atom stereocenters. The second-order valence-electron chi connectivity index (χ2n) is 8.24. The number of piperidine rings is 1. The van der Waals surface area contributed by atoms with Gasteiger partial charge in [-0.2, -0.15) is 0 Å². The number of anilines is 1. The van der Waals surface area contributed by atoms with Gasteiger partial charge in [-0.1, -0.05) is 30.3 Å². The van der Waals surface area contributed by atoms with E-state index < -0.39 is 0 Å². The molecule has 2 aromatic rings. The van der Waals surface area contributed by atoms with Crippen molar-refractivity contribution >= 4 is 41.5 Å². The molecular formula is C25H36IN5O2. The van der Waals surface area contributed by atoms with Crippen LogP contribution in [0, 0.1) is 0 Å². The monoisotopic (exact) mass is 565 g/mol. The standard InChI is InChI=1S/C25H35N5O2.HI/c1-29(2)24(31)18-27-25(26-16-15-20-11-13-23(32-3)14-12-20)28-21-8-7-17-30(19-21)22-9-5-4-6-10-22;/h4-6,9-14,21H,7-8,15-19H2,1-3H3,(H2,26,27,28);1H. The first-order valence-corrected chi connectivity index (χ1v) is 11.2. The first kappa shape index (κ1) is 26.8. The number of carbonyl (C=O) groups excluding carboxylic acids is 1. The molecule has 0 radical (unpaired) electrons. The first-order chi connectivity index (χ1) is 15.5. The van der Waals surface area contributed by atoms with Gasteiger partial charge in [0.25, 0.3) is 0 Å². The average Bonchev–Trinajstić information content (AvgIpc) is 2.83. The second-order valence-corrected chi connectivity index (χ2v) is 8.24. The highest BCUT2D eigenvalue weighted by atomic mass is 127. The number of hydrogen-bond donors (Lipinski definition) is 2. The minimum atomic E-state index is -0.0178. The third kappa shape index (κ3) is 8.75. The van der Waals surface area contributed by atoms with Gasteiger partial charge in [-0.15, -0.1) is 24.0 Å². The summed E-state index contributed by atoms with van der Waals surface area (Å²) in [6.07, 6.45) is 3.04. The van der Waals surface area contributed by atoms with Crippen LogP contribution in [0.2, 0.25) is 0 Å². The minimum absolute atomic E-state index is 0. The van der Waals surface area contributed by atoms with Crippen LogP contribution in [0.15, 0.2) is 59.6 Å². The third-order valence-corrected chi connectivity index (χ3v) is 5.62. The molecule has 2 aromatic carbocycles. The number of aliphatic imine (C=N–C) groups is 1. The molecule has 33 heavy (non-hydrogen) atoms. The van der Waals surface area contributed by atoms with Crippen molar-refractivity contribution in [2.45, 2.75) is 25.3 Å². The smallest absolute Gasteiger partial charge is 0.243 e. The third-order valence-electron chi connectivity index (χ3n) is 5.62. The number of likely N-dealkylation sites (N-methyl/N-ethyl adjacent to an activating group) is 1. The summed E-state index contributed by atoms with van der Waals surface area (Å²) < 4.78 is 5.23. The maximum absolute atomic E-state index is 12.1. The molecule has 1 aliphatic rings. The van der Waals surface area contributed by atoms with E-state index in [2.05, 4.69) is 56.9 Å². The molecule has 2 N–H and O–H groups in total. The fraction of sp³-hybridized carbons (Fsp3) is 0.440. The number of halogens is 1. The quantitative estimate of drug-likeness (QED) is 0.293. The minimum Gasteiger partial charge on any atom is -0.497 e. The number of guanidine groups is 1. The molecule has 1 aliphatic heterocycles. The van der Waals surface area contributed by atoms with Gasteiger partial charge >= 0.3 is 0 Å². The van der Waals surface area contributed by atoms with Gasteiger partial charge in [-0.3, -0.25) is 4.79 Å². The maximum atomic E-state index is 12.1. The van der Waals surface area contributed by atoms with Crippen molar-refractivity contribution in [3.05, 3.63) is 60.2 Å². The lowest BCUT2D eigenvalue weighted by atomic mass is 10.0. The second kappa shape index (κ2) is 13.9. The van der Waals surface area contributed by atoms with Crippen molar-refractivity contribution in [1.82, 2.24) is 15.5 Å². The number of nitrogens with one attached hydrogen (secondary N) is 2. The lowest BCUT2D eigenvalue weighted by molar-refractivity contribution is -0.127. The molecule has 0 aromatic heterocycles. The Morgan fingerprint density at radius 3 is 2.55 bits per heavy atom. The summed E-state index contributed by atoms with van der Waals surface area (Å²) in [6, 6.07) is 18.9. The predicted molar refractivity (Wildman–Crippen MR) is 146 cm³/mol. The molecule has 0 aliphatic carbocycles. The Balaban J connectivity index is 0.00000385. The van der Waals surface area contributed by atoms with Crippen molar-refractivity contribution in [1.29, 1.82) is 0 Å². The van der Waals surface area contributed by atoms with Gasteiger partial charge in [0, 0.05) is 45.5 Å². The van der Waals surface area contributed by atoms with Gasteiger partial charge < -0.3 is 25.2 Å². The zero-order chi connectivity index (χ0) is 22.8. The molecule has 0 saturated carbocycles. The molecule has 8 heteroatoms. The summed E-state index contributed by atoms with van der Waals surface area (Å²) in [5, 5.41) is 6.97. The highest BCUT2D eigenvalue weighted by Gasteiger charge is 2.21. The zero-order valence-electron chi connectivity index (χ0n) is 19.8. The molecule has 0 bridgehead atoms. The van der Waals surface area contributed by atoms with Crippen molar-refractivity contribution in [2.24, 2.45) is 4.99 Å². The van der Waals surface area contributed by atoms with E-state index in [1.165, 1.54) is 11.3 Å². The molecule has 1 atom stereocenters. The summed E-state index contributed by atoms with van der Waals surface area (Å²) in [4.78, 5) is 20.6. The molecule has 1 amide bonds. The highest BCUT2D eigenvalue weighted by Crippen LogP contribution is 2.19. The van der Waals surface area contributed by atoms with E-state index in [1.807, 2.05) is 18.2 Å². The van der Waals surface area contributed by atoms with Crippen molar-refractivity contribution < 1.29 is 9.53 Å². The average molecular weight is 566 g/mol. The van der Waals surface area contributed by atoms with E-state index in [0.29, 0.717) is 5.96 Å². The van der Waals surface area contributed by atoms with Gasteiger partial charge in [0.2, 0.25) is 5.91 Å². The maximum Gasteiger partial charge on any atom is 0.243 e. The fourth-order valence-electron chi connectivity index (χ4n) is 3.72. The van der Waals surface area contributed by atoms with E-state index in [0.717, 1.165) is 44.6 Å².